The Bertz CT molecular complexity index is 595. The molecule has 2 aromatic rings. The molecule has 5 nitrogen and oxygen atoms in total. The number of rotatable bonds is 4. The monoisotopic (exact) mass is 290 g/mol. The third-order valence-corrected chi connectivity index (χ3v) is 3.78. The molecule has 2 heterocycles. The van der Waals surface area contributed by atoms with E-state index in [1.165, 1.54) is 25.3 Å². The summed E-state index contributed by atoms with van der Waals surface area (Å²) in [6, 6.07) is 6.02. The number of hydrogen-bond donors (Lipinski definition) is 1. The maximum absolute atomic E-state index is 13.7. The molecule has 6 heteroatoms. The molecule has 1 aromatic heterocycles. The molecule has 0 radical (unpaired) electrons. The average Bonchev–Trinajstić information content (AvgIpc) is 2.98. The van der Waals surface area contributed by atoms with Crippen LogP contribution >= 0.6 is 0 Å². The van der Waals surface area contributed by atoms with Gasteiger partial charge in [0, 0.05) is 6.54 Å². The highest BCUT2D eigenvalue weighted by Gasteiger charge is 2.20. The summed E-state index contributed by atoms with van der Waals surface area (Å²) in [5.41, 5.74) is 6.44. The van der Waals surface area contributed by atoms with Crippen molar-refractivity contribution >= 4 is 0 Å². The summed E-state index contributed by atoms with van der Waals surface area (Å²) in [5, 5.41) is 3.89. The molecular weight excluding hydrogens is 271 g/mol. The van der Waals surface area contributed by atoms with Crippen LogP contribution in [0.4, 0.5) is 4.39 Å². The van der Waals surface area contributed by atoms with Crippen molar-refractivity contribution in [2.45, 2.75) is 25.3 Å². The fourth-order valence-corrected chi connectivity index (χ4v) is 2.63. The van der Waals surface area contributed by atoms with Crippen molar-refractivity contribution in [2.75, 3.05) is 19.6 Å². The van der Waals surface area contributed by atoms with E-state index in [0.29, 0.717) is 17.9 Å². The number of nitrogens with two attached hydrogens (primary N) is 1. The molecule has 1 atom stereocenters. The molecule has 0 bridgehead atoms. The van der Waals surface area contributed by atoms with Crippen LogP contribution in [-0.2, 0) is 0 Å². The maximum Gasteiger partial charge on any atom is 0.260 e. The van der Waals surface area contributed by atoms with Crippen LogP contribution in [0.2, 0.25) is 0 Å². The summed E-state index contributed by atoms with van der Waals surface area (Å²) >= 11 is 0. The van der Waals surface area contributed by atoms with Crippen LogP contribution in [-0.4, -0.2) is 34.7 Å². The average molecular weight is 290 g/mol. The van der Waals surface area contributed by atoms with E-state index in [1.54, 1.807) is 18.2 Å². The van der Waals surface area contributed by atoms with Crippen molar-refractivity contribution in [3.05, 3.63) is 35.9 Å². The zero-order valence-electron chi connectivity index (χ0n) is 11.8. The third kappa shape index (κ3) is 3.28. The first kappa shape index (κ1) is 14.2. The summed E-state index contributed by atoms with van der Waals surface area (Å²) < 4.78 is 18.8. The third-order valence-electron chi connectivity index (χ3n) is 3.78. The molecule has 2 N–H and O–H groups in total. The molecule has 1 aliphatic heterocycles. The largest absolute Gasteiger partial charge is 0.334 e. The minimum Gasteiger partial charge on any atom is -0.334 e. The number of halogens is 1. The van der Waals surface area contributed by atoms with Crippen molar-refractivity contribution < 1.29 is 8.91 Å². The first-order valence-corrected chi connectivity index (χ1v) is 7.30. The van der Waals surface area contributed by atoms with Crippen LogP contribution in [0.15, 0.2) is 28.8 Å². The molecule has 1 aromatic carbocycles. The highest BCUT2D eigenvalue weighted by molar-refractivity contribution is 5.53. The molecule has 3 rings (SSSR count). The quantitative estimate of drug-likeness (QED) is 0.936. The van der Waals surface area contributed by atoms with Gasteiger partial charge in [0.2, 0.25) is 0 Å². The van der Waals surface area contributed by atoms with Gasteiger partial charge in [-0.3, -0.25) is 0 Å². The second-order valence-corrected chi connectivity index (χ2v) is 5.41. The number of hydrogen-bond acceptors (Lipinski definition) is 5. The lowest BCUT2D eigenvalue weighted by atomic mass is 10.1. The van der Waals surface area contributed by atoms with E-state index in [4.69, 9.17) is 10.3 Å². The number of aromatic nitrogens is 2. The lowest BCUT2D eigenvalue weighted by Gasteiger charge is -2.27. The molecular formula is C15H19FN4O. The summed E-state index contributed by atoms with van der Waals surface area (Å²) in [6.07, 6.45) is 3.70. The van der Waals surface area contributed by atoms with Gasteiger partial charge in [-0.15, -0.1) is 0 Å². The van der Waals surface area contributed by atoms with Gasteiger partial charge in [0.1, 0.15) is 5.82 Å². The second-order valence-electron chi connectivity index (χ2n) is 5.41. The predicted molar refractivity (Wildman–Crippen MR) is 76.9 cm³/mol. The van der Waals surface area contributed by atoms with Crippen molar-refractivity contribution in [2.24, 2.45) is 5.73 Å². The van der Waals surface area contributed by atoms with Gasteiger partial charge in [0.05, 0.1) is 11.6 Å². The summed E-state index contributed by atoms with van der Waals surface area (Å²) in [6.45, 7) is 2.83. The van der Waals surface area contributed by atoms with Crippen LogP contribution in [0.3, 0.4) is 0 Å². The molecule has 0 amide bonds. The smallest absolute Gasteiger partial charge is 0.260 e. The van der Waals surface area contributed by atoms with Gasteiger partial charge in [0.25, 0.3) is 5.89 Å². The van der Waals surface area contributed by atoms with E-state index in [0.717, 1.165) is 13.1 Å². The van der Waals surface area contributed by atoms with Crippen molar-refractivity contribution in [3.63, 3.8) is 0 Å². The normalized spacial score (nSPS) is 17.8. The van der Waals surface area contributed by atoms with Crippen LogP contribution in [0.25, 0.3) is 11.5 Å². The van der Waals surface area contributed by atoms with Gasteiger partial charge >= 0.3 is 0 Å². The first-order valence-electron chi connectivity index (χ1n) is 7.30. The lowest BCUT2D eigenvalue weighted by Crippen LogP contribution is -2.36. The van der Waals surface area contributed by atoms with Crippen molar-refractivity contribution in [3.8, 4) is 11.5 Å². The molecule has 21 heavy (non-hydrogen) atoms. The number of piperidine rings is 1. The molecule has 1 aliphatic rings. The predicted octanol–water partition coefficient (Wildman–Crippen LogP) is 2.36. The minimum absolute atomic E-state index is 0.178. The Morgan fingerprint density at radius 2 is 2.00 bits per heavy atom. The Balaban J connectivity index is 1.71. The van der Waals surface area contributed by atoms with Gasteiger partial charge in [-0.25, -0.2) is 4.39 Å². The van der Waals surface area contributed by atoms with Crippen LogP contribution in [0.5, 0.6) is 0 Å². The van der Waals surface area contributed by atoms with Gasteiger partial charge in [-0.1, -0.05) is 23.7 Å². The van der Waals surface area contributed by atoms with Crippen molar-refractivity contribution in [1.29, 1.82) is 0 Å². The fraction of sp³-hybridized carbons (Fsp3) is 0.467. The Hall–Kier alpha value is -1.79. The van der Waals surface area contributed by atoms with E-state index in [-0.39, 0.29) is 17.7 Å². The molecule has 1 fully saturated rings. The van der Waals surface area contributed by atoms with Crippen LogP contribution in [0.1, 0.15) is 31.1 Å². The Kier molecular flexibility index (Phi) is 4.26. The number of likely N-dealkylation sites (tertiary alicyclic amines) is 1. The van der Waals surface area contributed by atoms with Gasteiger partial charge in [-0.05, 0) is 38.1 Å². The Morgan fingerprint density at radius 1 is 1.24 bits per heavy atom. The minimum atomic E-state index is -0.377. The molecule has 0 aliphatic carbocycles. The zero-order valence-corrected chi connectivity index (χ0v) is 11.8. The Morgan fingerprint density at radius 3 is 2.76 bits per heavy atom. The van der Waals surface area contributed by atoms with E-state index < -0.39 is 0 Å². The van der Waals surface area contributed by atoms with E-state index >= 15 is 0 Å². The van der Waals surface area contributed by atoms with Gasteiger partial charge in [-0.2, -0.15) is 4.98 Å². The zero-order chi connectivity index (χ0) is 14.7. The molecule has 112 valence electrons. The lowest BCUT2D eigenvalue weighted by molar-refractivity contribution is 0.213. The van der Waals surface area contributed by atoms with E-state index in [2.05, 4.69) is 15.0 Å². The van der Waals surface area contributed by atoms with E-state index in [1.807, 2.05) is 0 Å². The highest BCUT2D eigenvalue weighted by Crippen LogP contribution is 2.22. The van der Waals surface area contributed by atoms with Crippen molar-refractivity contribution in [1.82, 2.24) is 15.0 Å². The molecule has 0 spiro atoms. The molecule has 0 saturated carbocycles. The number of benzene rings is 1. The van der Waals surface area contributed by atoms with E-state index in [9.17, 15) is 4.39 Å². The van der Waals surface area contributed by atoms with Crippen LogP contribution in [0, 0.1) is 5.82 Å². The molecule has 1 saturated heterocycles. The topological polar surface area (TPSA) is 68.2 Å². The summed E-state index contributed by atoms with van der Waals surface area (Å²) in [5.74, 6) is 0.230. The molecule has 1 unspecified atom stereocenters. The van der Waals surface area contributed by atoms with Crippen LogP contribution < -0.4 is 5.73 Å². The fourth-order valence-electron chi connectivity index (χ4n) is 2.63. The number of nitrogens with zero attached hydrogens (tertiary/aromatic N) is 3. The van der Waals surface area contributed by atoms with Gasteiger partial charge < -0.3 is 15.2 Å². The SMILES string of the molecule is NC(CN1CCCCC1)c1noc(-c2ccccc2F)n1. The Labute approximate surface area is 122 Å². The van der Waals surface area contributed by atoms with Gasteiger partial charge in [0.15, 0.2) is 5.82 Å². The second kappa shape index (κ2) is 6.32. The first-order chi connectivity index (χ1) is 10.2. The maximum atomic E-state index is 13.7. The summed E-state index contributed by atoms with van der Waals surface area (Å²) in [4.78, 5) is 6.55. The highest BCUT2D eigenvalue weighted by atomic mass is 19.1. The standard InChI is InChI=1S/C15H19FN4O/c16-12-7-3-2-6-11(12)15-18-14(19-21-15)13(17)10-20-8-4-1-5-9-20/h2-3,6-7,13H,1,4-5,8-10,17H2. The summed E-state index contributed by atoms with van der Waals surface area (Å²) in [7, 11) is 0.